The quantitative estimate of drug-likeness (QED) is 0.869. The molecular weight excluding hydrogens is 284 g/mol. The smallest absolute Gasteiger partial charge is 0.480 e. The second-order valence-electron chi connectivity index (χ2n) is 3.20. The van der Waals surface area contributed by atoms with E-state index in [-0.39, 0.29) is 0 Å². The van der Waals surface area contributed by atoms with Crippen LogP contribution < -0.4 is 9.47 Å². The molecule has 0 aliphatic carbocycles. The molecule has 1 rings (SSSR count). The summed E-state index contributed by atoms with van der Waals surface area (Å²) < 4.78 is 81.8. The van der Waals surface area contributed by atoms with Gasteiger partial charge in [0.15, 0.2) is 5.56 Å². The van der Waals surface area contributed by atoms with Crippen molar-refractivity contribution in [2.45, 2.75) is 19.1 Å². The lowest BCUT2D eigenvalue weighted by atomic mass is 10.2. The number of ether oxygens (including phenoxy) is 2. The topological polar surface area (TPSA) is 51.6 Å². The fourth-order valence-electron chi connectivity index (χ4n) is 1.24. The molecule has 0 atom stereocenters. The zero-order valence-corrected chi connectivity index (χ0v) is 9.26. The second kappa shape index (κ2) is 5.11. The van der Waals surface area contributed by atoms with Crippen LogP contribution in [-0.4, -0.2) is 23.6 Å². The predicted molar refractivity (Wildman–Crippen MR) is 48.4 cm³/mol. The highest BCUT2D eigenvalue weighted by molar-refractivity contribution is 5.44. The average Bonchev–Trinajstić information content (AvgIpc) is 2.23. The maximum atomic E-state index is 12.7. The van der Waals surface area contributed by atoms with Gasteiger partial charge in [0.25, 0.3) is 0 Å². The number of aliphatic hydroxyl groups is 1. The van der Waals surface area contributed by atoms with Crippen LogP contribution in [0, 0.1) is 0 Å². The van der Waals surface area contributed by atoms with Crippen molar-refractivity contribution in [3.8, 4) is 11.6 Å². The van der Waals surface area contributed by atoms with E-state index in [4.69, 9.17) is 5.11 Å². The Hall–Kier alpha value is -1.71. The Balaban J connectivity index is 3.47. The Morgan fingerprint density at radius 1 is 1.21 bits per heavy atom. The van der Waals surface area contributed by atoms with Gasteiger partial charge in [-0.2, -0.15) is 13.2 Å². The van der Waals surface area contributed by atoms with Crippen LogP contribution in [0.5, 0.6) is 11.6 Å². The first-order chi connectivity index (χ1) is 8.58. The Labute approximate surface area is 102 Å². The fourth-order valence-corrected chi connectivity index (χ4v) is 1.24. The standard InChI is InChI=1S/C9H7F6NO3/c1-18-7-6(8(10,11)12)5(19-9(13,14)15)2-4(3-17)16-7/h2,17H,3H2,1H3. The van der Waals surface area contributed by atoms with Crippen LogP contribution >= 0.6 is 0 Å². The van der Waals surface area contributed by atoms with E-state index in [1.807, 2.05) is 0 Å². The molecule has 4 nitrogen and oxygen atoms in total. The highest BCUT2D eigenvalue weighted by Crippen LogP contribution is 2.43. The van der Waals surface area contributed by atoms with Crippen LogP contribution in [0.2, 0.25) is 0 Å². The SMILES string of the molecule is COc1nc(CO)cc(OC(F)(F)F)c1C(F)(F)F. The van der Waals surface area contributed by atoms with Crippen molar-refractivity contribution >= 4 is 0 Å². The lowest BCUT2D eigenvalue weighted by Crippen LogP contribution is -2.21. The second-order valence-corrected chi connectivity index (χ2v) is 3.20. The van der Waals surface area contributed by atoms with E-state index in [0.29, 0.717) is 6.07 Å². The number of aromatic nitrogens is 1. The van der Waals surface area contributed by atoms with Crippen LogP contribution in [0.15, 0.2) is 6.07 Å². The van der Waals surface area contributed by atoms with Gasteiger partial charge in [0, 0.05) is 6.07 Å². The largest absolute Gasteiger partial charge is 0.573 e. The van der Waals surface area contributed by atoms with Crippen molar-refractivity contribution < 1.29 is 40.9 Å². The molecular formula is C9H7F6NO3. The molecule has 1 N–H and O–H groups in total. The zero-order valence-electron chi connectivity index (χ0n) is 9.26. The van der Waals surface area contributed by atoms with Crippen molar-refractivity contribution in [3.05, 3.63) is 17.3 Å². The Morgan fingerprint density at radius 2 is 1.79 bits per heavy atom. The van der Waals surface area contributed by atoms with Crippen LogP contribution in [0.4, 0.5) is 26.3 Å². The number of alkyl halides is 6. The monoisotopic (exact) mass is 291 g/mol. The highest BCUT2D eigenvalue weighted by atomic mass is 19.4. The molecule has 1 aromatic heterocycles. The number of nitrogens with zero attached hydrogens (tertiary/aromatic N) is 1. The first kappa shape index (κ1) is 15.3. The van der Waals surface area contributed by atoms with Crippen molar-refractivity contribution in [1.82, 2.24) is 4.98 Å². The van der Waals surface area contributed by atoms with Gasteiger partial charge in [-0.15, -0.1) is 13.2 Å². The van der Waals surface area contributed by atoms with Gasteiger partial charge in [0.2, 0.25) is 5.88 Å². The van der Waals surface area contributed by atoms with Crippen LogP contribution in [0.1, 0.15) is 11.3 Å². The molecule has 0 saturated heterocycles. The van der Waals surface area contributed by atoms with Gasteiger partial charge in [-0.1, -0.05) is 0 Å². The summed E-state index contributed by atoms with van der Waals surface area (Å²) in [5.74, 6) is -2.64. The lowest BCUT2D eigenvalue weighted by molar-refractivity contribution is -0.276. The molecule has 0 aliphatic heterocycles. The highest BCUT2D eigenvalue weighted by Gasteiger charge is 2.43. The van der Waals surface area contributed by atoms with Crippen molar-refractivity contribution in [2.75, 3.05) is 7.11 Å². The van der Waals surface area contributed by atoms with Gasteiger partial charge < -0.3 is 14.6 Å². The van der Waals surface area contributed by atoms with E-state index >= 15 is 0 Å². The van der Waals surface area contributed by atoms with Gasteiger partial charge in [-0.05, 0) is 0 Å². The molecule has 0 fully saturated rings. The number of aliphatic hydroxyl groups excluding tert-OH is 1. The van der Waals surface area contributed by atoms with Crippen LogP contribution in [0.25, 0.3) is 0 Å². The summed E-state index contributed by atoms with van der Waals surface area (Å²) in [5.41, 5.74) is -2.26. The molecule has 0 aromatic carbocycles. The molecule has 1 heterocycles. The van der Waals surface area contributed by atoms with Gasteiger partial charge in [-0.25, -0.2) is 4.98 Å². The molecule has 0 bridgehead atoms. The summed E-state index contributed by atoms with van der Waals surface area (Å²) in [5, 5.41) is 8.74. The number of methoxy groups -OCH3 is 1. The molecule has 10 heteroatoms. The third-order valence-electron chi connectivity index (χ3n) is 1.87. The molecule has 0 unspecified atom stereocenters. The van der Waals surface area contributed by atoms with Crippen LogP contribution in [-0.2, 0) is 12.8 Å². The first-order valence-corrected chi connectivity index (χ1v) is 4.60. The van der Waals surface area contributed by atoms with E-state index in [1.54, 1.807) is 0 Å². The predicted octanol–water partition coefficient (Wildman–Crippen LogP) is 2.50. The minimum atomic E-state index is -5.32. The Kier molecular flexibility index (Phi) is 4.13. The molecule has 19 heavy (non-hydrogen) atoms. The van der Waals surface area contributed by atoms with Crippen LogP contribution in [0.3, 0.4) is 0 Å². The third-order valence-corrected chi connectivity index (χ3v) is 1.87. The molecule has 0 spiro atoms. The summed E-state index contributed by atoms with van der Waals surface area (Å²) in [6, 6.07) is 0.346. The molecule has 1 aromatic rings. The van der Waals surface area contributed by atoms with Gasteiger partial charge in [0.05, 0.1) is 19.4 Å². The normalized spacial score (nSPS) is 12.4. The first-order valence-electron chi connectivity index (χ1n) is 4.60. The van der Waals surface area contributed by atoms with Gasteiger partial charge in [-0.3, -0.25) is 0 Å². The van der Waals surface area contributed by atoms with E-state index in [0.717, 1.165) is 7.11 Å². The van der Waals surface area contributed by atoms with Gasteiger partial charge in [0.1, 0.15) is 5.75 Å². The maximum Gasteiger partial charge on any atom is 0.573 e. The molecule has 0 amide bonds. The Bertz CT molecular complexity index is 456. The maximum absolute atomic E-state index is 12.7. The summed E-state index contributed by atoms with van der Waals surface area (Å²) in [6.45, 7) is -0.872. The average molecular weight is 291 g/mol. The number of rotatable bonds is 3. The Morgan fingerprint density at radius 3 is 2.16 bits per heavy atom. The van der Waals surface area contributed by atoms with E-state index < -0.39 is 42.0 Å². The molecule has 0 aliphatic rings. The van der Waals surface area contributed by atoms with E-state index in [9.17, 15) is 26.3 Å². The van der Waals surface area contributed by atoms with E-state index in [1.165, 1.54) is 0 Å². The summed E-state index contributed by atoms with van der Waals surface area (Å²) in [4.78, 5) is 3.23. The number of hydrogen-bond donors (Lipinski definition) is 1. The summed E-state index contributed by atoms with van der Waals surface area (Å²) in [7, 11) is 0.802. The summed E-state index contributed by atoms with van der Waals surface area (Å²) in [6.07, 6.45) is -10.5. The minimum absolute atomic E-state index is 0.346. The number of halogens is 6. The van der Waals surface area contributed by atoms with E-state index in [2.05, 4.69) is 14.5 Å². The molecule has 108 valence electrons. The molecule has 0 radical (unpaired) electrons. The lowest BCUT2D eigenvalue weighted by Gasteiger charge is -2.18. The van der Waals surface area contributed by atoms with Crippen molar-refractivity contribution in [1.29, 1.82) is 0 Å². The third kappa shape index (κ3) is 3.88. The zero-order chi connectivity index (χ0) is 14.8. The van der Waals surface area contributed by atoms with Crippen molar-refractivity contribution in [3.63, 3.8) is 0 Å². The fraction of sp³-hybridized carbons (Fsp3) is 0.444. The molecule has 0 saturated carbocycles. The number of pyridine rings is 1. The van der Waals surface area contributed by atoms with Gasteiger partial charge >= 0.3 is 12.5 Å². The summed E-state index contributed by atoms with van der Waals surface area (Å²) >= 11 is 0. The minimum Gasteiger partial charge on any atom is -0.480 e. The van der Waals surface area contributed by atoms with Crippen molar-refractivity contribution in [2.24, 2.45) is 0 Å². The number of hydrogen-bond acceptors (Lipinski definition) is 4.